The molecule has 0 fully saturated rings. The maximum absolute atomic E-state index is 12.6. The topological polar surface area (TPSA) is 41.6 Å². The minimum atomic E-state index is -0.441. The Kier molecular flexibility index (Phi) is 4.44. The lowest BCUT2D eigenvalue weighted by Crippen LogP contribution is -2.48. The number of para-hydroxylation sites is 1. The van der Waals surface area contributed by atoms with Gasteiger partial charge in [0.15, 0.2) is 6.23 Å². The molecule has 120 valence electrons. The van der Waals surface area contributed by atoms with Crippen molar-refractivity contribution in [1.29, 1.82) is 0 Å². The molecule has 1 aliphatic heterocycles. The van der Waals surface area contributed by atoms with E-state index in [0.717, 1.165) is 12.1 Å². The molecule has 1 N–H and O–H groups in total. The Morgan fingerprint density at radius 1 is 1.26 bits per heavy atom. The Hall–Kier alpha value is -2.20. The number of hydrogen-bond donors (Lipinski definition) is 1. The van der Waals surface area contributed by atoms with E-state index >= 15 is 0 Å². The summed E-state index contributed by atoms with van der Waals surface area (Å²) in [5.41, 5.74) is 2.16. The van der Waals surface area contributed by atoms with Gasteiger partial charge < -0.3 is 10.1 Å². The monoisotopic (exact) mass is 330 g/mol. The van der Waals surface area contributed by atoms with Crippen molar-refractivity contribution in [3.05, 3.63) is 59.1 Å². The minimum Gasteiger partial charge on any atom is -0.471 e. The molecule has 5 heteroatoms. The summed E-state index contributed by atoms with van der Waals surface area (Å²) in [4.78, 5) is 14.4. The van der Waals surface area contributed by atoms with Gasteiger partial charge in [-0.15, -0.1) is 0 Å². The van der Waals surface area contributed by atoms with E-state index in [2.05, 4.69) is 11.4 Å². The molecule has 0 bridgehead atoms. The molecule has 0 saturated carbocycles. The van der Waals surface area contributed by atoms with Crippen LogP contribution in [0.5, 0.6) is 5.75 Å². The molecule has 2 aromatic rings. The first-order valence-corrected chi connectivity index (χ1v) is 8.02. The number of amides is 2. The number of halogens is 1. The highest BCUT2D eigenvalue weighted by Gasteiger charge is 2.31. The fraction of sp³-hybridized carbons (Fsp3) is 0.278. The van der Waals surface area contributed by atoms with Crippen molar-refractivity contribution >= 4 is 23.3 Å². The van der Waals surface area contributed by atoms with Crippen molar-refractivity contribution in [3.8, 4) is 5.75 Å². The first-order valence-electron chi connectivity index (χ1n) is 7.64. The van der Waals surface area contributed by atoms with Gasteiger partial charge in [-0.2, -0.15) is 0 Å². The number of rotatable bonds is 3. The normalized spacial score (nSPS) is 17.5. The van der Waals surface area contributed by atoms with Crippen LogP contribution in [0.4, 0.5) is 10.5 Å². The molecule has 0 aliphatic carbocycles. The van der Waals surface area contributed by atoms with Gasteiger partial charge in [-0.05, 0) is 56.2 Å². The molecule has 23 heavy (non-hydrogen) atoms. The van der Waals surface area contributed by atoms with Gasteiger partial charge in [0, 0.05) is 16.8 Å². The highest BCUT2D eigenvalue weighted by molar-refractivity contribution is 6.30. The Bertz CT molecular complexity index is 702. The molecule has 0 aromatic heterocycles. The van der Waals surface area contributed by atoms with Crippen molar-refractivity contribution < 1.29 is 9.53 Å². The second-order valence-electron chi connectivity index (χ2n) is 5.72. The molecule has 3 rings (SSSR count). The molecule has 0 spiro atoms. The van der Waals surface area contributed by atoms with Gasteiger partial charge in [0.05, 0.1) is 0 Å². The number of benzene rings is 2. The van der Waals surface area contributed by atoms with E-state index in [1.165, 1.54) is 5.56 Å². The van der Waals surface area contributed by atoms with E-state index in [-0.39, 0.29) is 12.1 Å². The fourth-order valence-electron chi connectivity index (χ4n) is 2.87. The highest BCUT2D eigenvalue weighted by atomic mass is 35.5. The number of carbonyl (C=O) groups is 1. The quantitative estimate of drug-likeness (QED) is 0.856. The molecule has 0 saturated heterocycles. The Morgan fingerprint density at radius 3 is 2.70 bits per heavy atom. The summed E-state index contributed by atoms with van der Waals surface area (Å²) in [6.07, 6.45) is 0.430. The maximum atomic E-state index is 12.6. The summed E-state index contributed by atoms with van der Waals surface area (Å²) in [7, 11) is 0. The summed E-state index contributed by atoms with van der Waals surface area (Å²) >= 11 is 5.85. The van der Waals surface area contributed by atoms with Crippen LogP contribution in [0.25, 0.3) is 0 Å². The zero-order valence-electron chi connectivity index (χ0n) is 13.1. The average molecular weight is 331 g/mol. The molecule has 1 heterocycles. The number of anilines is 1. The van der Waals surface area contributed by atoms with Gasteiger partial charge in [-0.25, -0.2) is 4.79 Å². The number of nitrogens with one attached hydrogen (secondary N) is 1. The number of nitrogens with zero attached hydrogens (tertiary/aromatic N) is 1. The van der Waals surface area contributed by atoms with Gasteiger partial charge in [0.1, 0.15) is 5.75 Å². The fourth-order valence-corrected chi connectivity index (χ4v) is 2.99. The summed E-state index contributed by atoms with van der Waals surface area (Å²) in [6.45, 7) is 3.85. The Balaban J connectivity index is 1.66. The zero-order chi connectivity index (χ0) is 16.4. The lowest BCUT2D eigenvalue weighted by molar-refractivity contribution is 0.179. The van der Waals surface area contributed by atoms with Crippen LogP contribution in [0.1, 0.15) is 19.4 Å². The predicted octanol–water partition coefficient (Wildman–Crippen LogP) is 4.23. The van der Waals surface area contributed by atoms with Crippen molar-refractivity contribution in [2.24, 2.45) is 0 Å². The van der Waals surface area contributed by atoms with Crippen LogP contribution >= 0.6 is 11.6 Å². The van der Waals surface area contributed by atoms with E-state index in [0.29, 0.717) is 10.8 Å². The SMILES string of the molecule is CC(NC(=O)N1c2ccccc2CC1C)Oc1ccc(Cl)cc1. The van der Waals surface area contributed by atoms with Crippen molar-refractivity contribution in [2.45, 2.75) is 32.5 Å². The van der Waals surface area contributed by atoms with E-state index in [1.807, 2.05) is 25.1 Å². The number of hydrogen-bond acceptors (Lipinski definition) is 2. The van der Waals surface area contributed by atoms with Gasteiger partial charge in [-0.1, -0.05) is 29.8 Å². The van der Waals surface area contributed by atoms with Crippen molar-refractivity contribution in [2.75, 3.05) is 4.90 Å². The van der Waals surface area contributed by atoms with Crippen molar-refractivity contribution in [3.63, 3.8) is 0 Å². The maximum Gasteiger partial charge on any atom is 0.324 e. The third-order valence-corrected chi connectivity index (χ3v) is 4.13. The summed E-state index contributed by atoms with van der Waals surface area (Å²) in [6, 6.07) is 15.0. The van der Waals surface area contributed by atoms with Crippen LogP contribution in [-0.4, -0.2) is 18.3 Å². The lowest BCUT2D eigenvalue weighted by Gasteiger charge is -2.25. The van der Waals surface area contributed by atoms with Crippen LogP contribution in [0.3, 0.4) is 0 Å². The molecular weight excluding hydrogens is 312 g/mol. The molecule has 2 aromatic carbocycles. The van der Waals surface area contributed by atoms with E-state index < -0.39 is 6.23 Å². The second kappa shape index (κ2) is 6.50. The van der Waals surface area contributed by atoms with Crippen LogP contribution in [0.15, 0.2) is 48.5 Å². The first kappa shape index (κ1) is 15.7. The first-order chi connectivity index (χ1) is 11.0. The van der Waals surface area contributed by atoms with E-state index in [9.17, 15) is 4.79 Å². The lowest BCUT2D eigenvalue weighted by atomic mass is 10.1. The number of fused-ring (bicyclic) bond motifs is 1. The molecule has 2 amide bonds. The Labute approximate surface area is 141 Å². The third-order valence-electron chi connectivity index (χ3n) is 3.88. The molecule has 2 atom stereocenters. The van der Waals surface area contributed by atoms with E-state index in [1.54, 1.807) is 36.1 Å². The molecule has 1 aliphatic rings. The second-order valence-corrected chi connectivity index (χ2v) is 6.15. The van der Waals surface area contributed by atoms with Crippen LogP contribution in [0.2, 0.25) is 5.02 Å². The number of ether oxygens (including phenoxy) is 1. The van der Waals surface area contributed by atoms with Gasteiger partial charge in [0.2, 0.25) is 0 Å². The van der Waals surface area contributed by atoms with Crippen LogP contribution in [0, 0.1) is 0 Å². The minimum absolute atomic E-state index is 0.134. The molecule has 0 radical (unpaired) electrons. The van der Waals surface area contributed by atoms with E-state index in [4.69, 9.17) is 16.3 Å². The third kappa shape index (κ3) is 3.42. The highest BCUT2D eigenvalue weighted by Crippen LogP contribution is 2.31. The standard InChI is InChI=1S/C18H19ClN2O2/c1-12-11-14-5-3-4-6-17(14)21(12)18(22)20-13(2)23-16-9-7-15(19)8-10-16/h3-10,12-13H,11H2,1-2H3,(H,20,22). The van der Waals surface area contributed by atoms with Gasteiger partial charge in [0.25, 0.3) is 0 Å². The van der Waals surface area contributed by atoms with Crippen LogP contribution < -0.4 is 15.0 Å². The number of urea groups is 1. The van der Waals surface area contributed by atoms with Crippen LogP contribution in [-0.2, 0) is 6.42 Å². The average Bonchev–Trinajstić information content (AvgIpc) is 2.85. The molecule has 2 unspecified atom stereocenters. The summed E-state index contributed by atoms with van der Waals surface area (Å²) in [5.74, 6) is 0.664. The number of carbonyl (C=O) groups excluding carboxylic acids is 1. The summed E-state index contributed by atoms with van der Waals surface area (Å²) < 4.78 is 5.71. The summed E-state index contributed by atoms with van der Waals surface area (Å²) in [5, 5.41) is 3.54. The molecular formula is C18H19ClN2O2. The molecule has 4 nitrogen and oxygen atoms in total. The van der Waals surface area contributed by atoms with Gasteiger partial charge >= 0.3 is 6.03 Å². The Morgan fingerprint density at radius 2 is 1.96 bits per heavy atom. The zero-order valence-corrected chi connectivity index (χ0v) is 13.9. The van der Waals surface area contributed by atoms with Crippen molar-refractivity contribution in [1.82, 2.24) is 5.32 Å². The smallest absolute Gasteiger partial charge is 0.324 e. The predicted molar refractivity (Wildman–Crippen MR) is 92.2 cm³/mol. The van der Waals surface area contributed by atoms with Gasteiger partial charge in [-0.3, -0.25) is 4.90 Å². The largest absolute Gasteiger partial charge is 0.471 e.